The third-order valence-electron chi connectivity index (χ3n) is 5.48. The zero-order chi connectivity index (χ0) is 21.0. The molecule has 0 saturated carbocycles. The summed E-state index contributed by atoms with van der Waals surface area (Å²) in [7, 11) is 1.31. The Labute approximate surface area is 174 Å². The summed E-state index contributed by atoms with van der Waals surface area (Å²) in [5.41, 5.74) is -0.208. The Hall–Kier alpha value is -3.26. The number of ether oxygens (including phenoxy) is 2. The number of fused-ring (bicyclic) bond motifs is 6. The average molecular weight is 424 g/mol. The number of nitrogens with zero attached hydrogens (tertiary/aromatic N) is 2. The van der Waals surface area contributed by atoms with E-state index in [1.807, 2.05) is 18.2 Å². The van der Waals surface area contributed by atoms with Crippen molar-refractivity contribution in [2.45, 2.75) is 18.7 Å². The van der Waals surface area contributed by atoms with Crippen LogP contribution in [0.5, 0.6) is 5.75 Å². The van der Waals surface area contributed by atoms with Gasteiger partial charge in [0.15, 0.2) is 4.80 Å². The Bertz CT molecular complexity index is 1360. The first-order valence-electron chi connectivity index (χ1n) is 9.35. The molecule has 152 valence electrons. The lowest BCUT2D eigenvalue weighted by molar-refractivity contribution is -0.158. The van der Waals surface area contributed by atoms with Gasteiger partial charge < -0.3 is 9.47 Å². The largest absolute Gasteiger partial charge is 0.469 e. The predicted octanol–water partition coefficient (Wildman–Crippen LogP) is 2.00. The van der Waals surface area contributed by atoms with E-state index in [1.54, 1.807) is 31.2 Å². The van der Waals surface area contributed by atoms with Crippen LogP contribution in [-0.4, -0.2) is 23.4 Å². The molecule has 3 aromatic rings. The highest BCUT2D eigenvalue weighted by atomic mass is 32.1. The molecule has 2 aliphatic rings. The first kappa shape index (κ1) is 18.7. The van der Waals surface area contributed by atoms with Crippen LogP contribution in [0.3, 0.4) is 0 Å². The molecule has 3 heterocycles. The number of halogens is 1. The summed E-state index contributed by atoms with van der Waals surface area (Å²) < 4.78 is 26.7. The zero-order valence-electron chi connectivity index (χ0n) is 16.2. The van der Waals surface area contributed by atoms with Crippen molar-refractivity contribution in [3.8, 4) is 5.75 Å². The summed E-state index contributed by atoms with van der Waals surface area (Å²) in [6.45, 7) is 1.72. The van der Waals surface area contributed by atoms with Crippen LogP contribution < -0.4 is 19.6 Å². The molecule has 0 saturated heterocycles. The van der Waals surface area contributed by atoms with Crippen LogP contribution in [0, 0.1) is 11.7 Å². The Morgan fingerprint density at radius 3 is 2.87 bits per heavy atom. The number of para-hydroxylation sites is 1. The maximum absolute atomic E-state index is 13.6. The zero-order valence-corrected chi connectivity index (χ0v) is 17.0. The van der Waals surface area contributed by atoms with Crippen molar-refractivity contribution in [2.75, 3.05) is 7.11 Å². The van der Waals surface area contributed by atoms with Gasteiger partial charge >= 0.3 is 5.97 Å². The van der Waals surface area contributed by atoms with E-state index in [4.69, 9.17) is 9.47 Å². The lowest BCUT2D eigenvalue weighted by atomic mass is 9.81. The summed E-state index contributed by atoms with van der Waals surface area (Å²) in [4.78, 5) is 31.2. The lowest BCUT2D eigenvalue weighted by Crippen LogP contribution is -2.58. The van der Waals surface area contributed by atoms with E-state index in [0.29, 0.717) is 20.6 Å². The third kappa shape index (κ3) is 2.71. The molecule has 8 heteroatoms. The first-order chi connectivity index (χ1) is 14.4. The molecule has 5 rings (SSSR count). The molecule has 30 heavy (non-hydrogen) atoms. The molecule has 0 N–H and O–H groups in total. The minimum Gasteiger partial charge on any atom is -0.469 e. The van der Waals surface area contributed by atoms with Crippen molar-refractivity contribution in [1.29, 1.82) is 0 Å². The average Bonchev–Trinajstić information content (AvgIpc) is 3.00. The third-order valence-corrected chi connectivity index (χ3v) is 6.46. The summed E-state index contributed by atoms with van der Waals surface area (Å²) in [6.07, 6.45) is 1.63. The number of hydrogen-bond acceptors (Lipinski definition) is 6. The maximum atomic E-state index is 13.6. The number of aromatic nitrogens is 1. The fourth-order valence-corrected chi connectivity index (χ4v) is 5.28. The molecule has 6 nitrogen and oxygen atoms in total. The van der Waals surface area contributed by atoms with Crippen molar-refractivity contribution in [1.82, 2.24) is 4.57 Å². The smallest absolute Gasteiger partial charge is 0.317 e. The standard InChI is InChI=1S/C22H17FN2O4S/c1-22-17(20(27)28-2)18(14-8-3-4-9-15(14)29-22)25-19(26)16(30-21(25)24-22)11-12-6-5-7-13(23)10-12/h3-11,17-18H,1-2H3/t17-,18-,22+/m1/s1. The van der Waals surface area contributed by atoms with Gasteiger partial charge in [0, 0.05) is 5.56 Å². The Kier molecular flexibility index (Phi) is 4.14. The van der Waals surface area contributed by atoms with Gasteiger partial charge in [0.05, 0.1) is 17.7 Å². The summed E-state index contributed by atoms with van der Waals surface area (Å²) in [6, 6.07) is 12.7. The quantitative estimate of drug-likeness (QED) is 0.590. The van der Waals surface area contributed by atoms with E-state index in [-0.39, 0.29) is 11.4 Å². The van der Waals surface area contributed by atoms with E-state index >= 15 is 0 Å². The predicted molar refractivity (Wildman–Crippen MR) is 108 cm³/mol. The van der Waals surface area contributed by atoms with Gasteiger partial charge in [-0.3, -0.25) is 14.2 Å². The molecule has 0 aliphatic carbocycles. The molecule has 0 unspecified atom stereocenters. The topological polar surface area (TPSA) is 69.9 Å². The van der Waals surface area contributed by atoms with Gasteiger partial charge in [-0.1, -0.05) is 41.7 Å². The van der Waals surface area contributed by atoms with Gasteiger partial charge in [0.25, 0.3) is 5.56 Å². The Morgan fingerprint density at radius 2 is 2.10 bits per heavy atom. The number of esters is 1. The van der Waals surface area contributed by atoms with Crippen LogP contribution in [0.1, 0.15) is 24.1 Å². The molecular formula is C22H17FN2O4S. The highest BCUT2D eigenvalue weighted by Gasteiger charge is 2.55. The van der Waals surface area contributed by atoms with Crippen LogP contribution in [0.2, 0.25) is 0 Å². The first-order valence-corrected chi connectivity index (χ1v) is 10.2. The van der Waals surface area contributed by atoms with E-state index < -0.39 is 23.7 Å². The van der Waals surface area contributed by atoms with Gasteiger partial charge in [-0.15, -0.1) is 0 Å². The highest BCUT2D eigenvalue weighted by molar-refractivity contribution is 7.07. The van der Waals surface area contributed by atoms with Crippen LogP contribution in [0.4, 0.5) is 4.39 Å². The number of carbonyl (C=O) groups is 1. The summed E-state index contributed by atoms with van der Waals surface area (Å²) in [5.74, 6) is -1.13. The molecule has 0 amide bonds. The van der Waals surface area contributed by atoms with Gasteiger partial charge in [-0.05, 0) is 36.8 Å². The molecule has 0 radical (unpaired) electrons. The van der Waals surface area contributed by atoms with Crippen LogP contribution >= 0.6 is 11.3 Å². The minimum atomic E-state index is -1.21. The van der Waals surface area contributed by atoms with Gasteiger partial charge in [0.1, 0.15) is 17.5 Å². The van der Waals surface area contributed by atoms with E-state index in [9.17, 15) is 14.0 Å². The molecule has 0 fully saturated rings. The number of benzene rings is 2. The number of thiazole rings is 1. The molecular weight excluding hydrogens is 407 g/mol. The Balaban J connectivity index is 1.80. The van der Waals surface area contributed by atoms with E-state index in [2.05, 4.69) is 4.99 Å². The van der Waals surface area contributed by atoms with Crippen molar-refractivity contribution in [3.63, 3.8) is 0 Å². The summed E-state index contributed by atoms with van der Waals surface area (Å²) >= 11 is 1.19. The second-order valence-corrected chi connectivity index (χ2v) is 8.38. The normalized spacial score (nSPS) is 24.3. The number of rotatable bonds is 2. The monoisotopic (exact) mass is 424 g/mol. The van der Waals surface area contributed by atoms with Gasteiger partial charge in [-0.25, -0.2) is 9.38 Å². The van der Waals surface area contributed by atoms with Gasteiger partial charge in [0.2, 0.25) is 5.72 Å². The van der Waals surface area contributed by atoms with Crippen molar-refractivity contribution in [2.24, 2.45) is 10.9 Å². The van der Waals surface area contributed by atoms with Crippen LogP contribution in [0.15, 0.2) is 58.3 Å². The number of methoxy groups -OCH3 is 1. The number of hydrogen-bond donors (Lipinski definition) is 0. The molecule has 2 bridgehead atoms. The van der Waals surface area contributed by atoms with E-state index in [1.165, 1.54) is 35.1 Å². The van der Waals surface area contributed by atoms with Crippen molar-refractivity contribution >= 4 is 23.4 Å². The second-order valence-electron chi connectivity index (χ2n) is 7.38. The van der Waals surface area contributed by atoms with Crippen LogP contribution in [0.25, 0.3) is 6.08 Å². The fraction of sp³-hybridized carbons (Fsp3) is 0.227. The molecule has 0 spiro atoms. The molecule has 2 aliphatic heterocycles. The molecule has 1 aromatic heterocycles. The van der Waals surface area contributed by atoms with E-state index in [0.717, 1.165) is 5.56 Å². The van der Waals surface area contributed by atoms with Crippen molar-refractivity contribution < 1.29 is 18.7 Å². The molecule has 3 atom stereocenters. The number of carbonyl (C=O) groups excluding carboxylic acids is 1. The minimum absolute atomic E-state index is 0.291. The SMILES string of the molecule is COC(=O)[C@H]1[C@H]2c3ccccc3O[C@]1(C)N=c1sc(=Cc3cccc(F)c3)c(=O)n12. The second kappa shape index (κ2) is 6.63. The van der Waals surface area contributed by atoms with Gasteiger partial charge in [-0.2, -0.15) is 0 Å². The molecule has 2 aromatic carbocycles. The highest BCUT2D eigenvalue weighted by Crippen LogP contribution is 2.47. The van der Waals surface area contributed by atoms with Crippen molar-refractivity contribution in [3.05, 3.63) is 85.2 Å². The van der Waals surface area contributed by atoms with Crippen LogP contribution in [-0.2, 0) is 9.53 Å². The Morgan fingerprint density at radius 1 is 1.30 bits per heavy atom. The lowest BCUT2D eigenvalue weighted by Gasteiger charge is -2.44. The summed E-state index contributed by atoms with van der Waals surface area (Å²) in [5, 5.41) is 0. The fourth-order valence-electron chi connectivity index (χ4n) is 4.18. The maximum Gasteiger partial charge on any atom is 0.317 e.